The van der Waals surface area contributed by atoms with Crippen molar-refractivity contribution in [2.24, 2.45) is 16.7 Å². The summed E-state index contributed by atoms with van der Waals surface area (Å²) in [6.07, 6.45) is 0.541. The molecule has 3 nitrogen and oxygen atoms in total. The van der Waals surface area contributed by atoms with Gasteiger partial charge in [-0.25, -0.2) is 0 Å². The molecule has 0 spiro atoms. The molecule has 0 rings (SSSR count). The average molecular weight is 224 g/mol. The van der Waals surface area contributed by atoms with E-state index in [-0.39, 0.29) is 11.3 Å². The minimum atomic E-state index is -0.891. The summed E-state index contributed by atoms with van der Waals surface area (Å²) in [5.41, 5.74) is -0.722. The zero-order chi connectivity index (χ0) is 13.0. The summed E-state index contributed by atoms with van der Waals surface area (Å²) < 4.78 is 0. The number of nitrogens with zero attached hydrogens (tertiary/aromatic N) is 1. The average Bonchev–Trinajstić information content (AvgIpc) is 2.22. The van der Waals surface area contributed by atoms with Crippen molar-refractivity contribution in [1.29, 1.82) is 5.26 Å². The summed E-state index contributed by atoms with van der Waals surface area (Å²) in [6.45, 7) is 12.7. The zero-order valence-corrected chi connectivity index (χ0v) is 11.3. The van der Waals surface area contributed by atoms with Crippen molar-refractivity contribution >= 4 is 5.91 Å². The fourth-order valence-electron chi connectivity index (χ4n) is 1.04. The Hall–Kier alpha value is -1.04. The highest BCUT2D eigenvalue weighted by molar-refractivity contribution is 5.84. The predicted molar refractivity (Wildman–Crippen MR) is 65.6 cm³/mol. The molecule has 0 bridgehead atoms. The smallest absolute Gasteiger partial charge is 0.240 e. The second-order valence-corrected chi connectivity index (χ2v) is 5.77. The van der Waals surface area contributed by atoms with Gasteiger partial charge in [0.25, 0.3) is 0 Å². The molecule has 0 aliphatic carbocycles. The first kappa shape index (κ1) is 15.0. The number of carbonyl (C=O) groups excluding carboxylic acids is 1. The van der Waals surface area contributed by atoms with E-state index in [1.165, 1.54) is 0 Å². The quantitative estimate of drug-likeness (QED) is 0.798. The highest BCUT2D eigenvalue weighted by Gasteiger charge is 2.31. The predicted octanol–water partition coefficient (Wildman–Crippen LogP) is 2.72. The highest BCUT2D eigenvalue weighted by atomic mass is 16.2. The van der Waals surface area contributed by atoms with Gasteiger partial charge in [-0.1, -0.05) is 34.6 Å². The summed E-state index contributed by atoms with van der Waals surface area (Å²) in [5.74, 6) is 0.227. The van der Waals surface area contributed by atoms with Crippen molar-refractivity contribution in [3.8, 4) is 6.07 Å². The minimum Gasteiger partial charge on any atom is -0.354 e. The molecule has 0 aromatic rings. The third-order valence-corrected chi connectivity index (χ3v) is 3.50. The Balaban J connectivity index is 4.35. The summed E-state index contributed by atoms with van der Waals surface area (Å²) in [5, 5.41) is 11.8. The van der Waals surface area contributed by atoms with E-state index in [0.29, 0.717) is 18.9 Å². The third kappa shape index (κ3) is 3.84. The van der Waals surface area contributed by atoms with Crippen molar-refractivity contribution in [1.82, 2.24) is 5.32 Å². The molecule has 0 radical (unpaired) electrons. The number of hydrogen-bond donors (Lipinski definition) is 1. The first-order chi connectivity index (χ1) is 7.17. The first-order valence-corrected chi connectivity index (χ1v) is 5.87. The molecular formula is C13H24N2O. The Kier molecular flexibility index (Phi) is 4.99. The Morgan fingerprint density at radius 1 is 1.38 bits per heavy atom. The number of amides is 1. The number of nitrogens with one attached hydrogen (secondary N) is 1. The maximum Gasteiger partial charge on any atom is 0.240 e. The van der Waals surface area contributed by atoms with E-state index in [4.69, 9.17) is 5.26 Å². The zero-order valence-electron chi connectivity index (χ0n) is 11.3. The molecule has 0 fully saturated rings. The minimum absolute atomic E-state index is 0.159. The van der Waals surface area contributed by atoms with E-state index in [1.54, 1.807) is 6.92 Å². The van der Waals surface area contributed by atoms with E-state index in [0.717, 1.165) is 0 Å². The Morgan fingerprint density at radius 2 is 1.88 bits per heavy atom. The molecular weight excluding hydrogens is 200 g/mol. The molecule has 1 N–H and O–H groups in total. The summed E-state index contributed by atoms with van der Waals surface area (Å²) in [4.78, 5) is 11.8. The van der Waals surface area contributed by atoms with Crippen LogP contribution < -0.4 is 5.32 Å². The molecule has 0 aliphatic heterocycles. The van der Waals surface area contributed by atoms with E-state index >= 15 is 0 Å². The van der Waals surface area contributed by atoms with Gasteiger partial charge in [0, 0.05) is 6.54 Å². The first-order valence-electron chi connectivity index (χ1n) is 5.87. The topological polar surface area (TPSA) is 52.9 Å². The Morgan fingerprint density at radius 3 is 2.19 bits per heavy atom. The molecule has 0 aliphatic rings. The van der Waals surface area contributed by atoms with Gasteiger partial charge in [-0.05, 0) is 24.7 Å². The van der Waals surface area contributed by atoms with Crippen molar-refractivity contribution in [3.63, 3.8) is 0 Å². The van der Waals surface area contributed by atoms with E-state index in [2.05, 4.69) is 39.1 Å². The van der Waals surface area contributed by atoms with Gasteiger partial charge in [0.2, 0.25) is 5.91 Å². The van der Waals surface area contributed by atoms with Crippen LogP contribution in [0.1, 0.15) is 48.0 Å². The van der Waals surface area contributed by atoms with Gasteiger partial charge < -0.3 is 5.32 Å². The van der Waals surface area contributed by atoms with Gasteiger partial charge in [-0.3, -0.25) is 4.79 Å². The van der Waals surface area contributed by atoms with Crippen LogP contribution in [0.25, 0.3) is 0 Å². The van der Waals surface area contributed by atoms with Crippen molar-refractivity contribution in [3.05, 3.63) is 0 Å². The second kappa shape index (κ2) is 5.34. The van der Waals surface area contributed by atoms with Gasteiger partial charge >= 0.3 is 0 Å². The lowest BCUT2D eigenvalue weighted by Crippen LogP contribution is -2.41. The maximum atomic E-state index is 11.8. The van der Waals surface area contributed by atoms with Gasteiger partial charge in [0.1, 0.15) is 5.41 Å². The molecule has 0 saturated heterocycles. The number of carbonyl (C=O) groups is 1. The van der Waals surface area contributed by atoms with Gasteiger partial charge in [0.15, 0.2) is 0 Å². The molecule has 16 heavy (non-hydrogen) atoms. The van der Waals surface area contributed by atoms with Crippen LogP contribution in [0.2, 0.25) is 0 Å². The lowest BCUT2D eigenvalue weighted by atomic mass is 9.81. The number of nitriles is 1. The molecule has 2 unspecified atom stereocenters. The SMILES string of the molecule is CCC(C)(C#N)C(=O)NCC(C)C(C)(C)C. The van der Waals surface area contributed by atoms with Crippen LogP contribution in [0.15, 0.2) is 0 Å². The number of hydrogen-bond acceptors (Lipinski definition) is 2. The third-order valence-electron chi connectivity index (χ3n) is 3.50. The maximum absolute atomic E-state index is 11.8. The fourth-order valence-corrected chi connectivity index (χ4v) is 1.04. The van der Waals surface area contributed by atoms with E-state index in [9.17, 15) is 4.79 Å². The van der Waals surface area contributed by atoms with Crippen molar-refractivity contribution in [2.45, 2.75) is 48.0 Å². The molecule has 3 heteroatoms. The standard InChI is InChI=1S/C13H24N2O/c1-7-13(6,9-14)11(16)15-8-10(2)12(3,4)5/h10H,7-8H2,1-6H3,(H,15,16). The molecule has 1 amide bonds. The van der Waals surface area contributed by atoms with Crippen molar-refractivity contribution < 1.29 is 4.79 Å². The molecule has 0 saturated carbocycles. The van der Waals surface area contributed by atoms with Gasteiger partial charge in [-0.15, -0.1) is 0 Å². The molecule has 0 aromatic heterocycles. The molecule has 0 heterocycles. The normalized spacial score (nSPS) is 17.1. The van der Waals surface area contributed by atoms with Crippen LogP contribution in [0.4, 0.5) is 0 Å². The van der Waals surface area contributed by atoms with E-state index in [1.807, 2.05) is 6.92 Å². The summed E-state index contributed by atoms with van der Waals surface area (Å²) in [7, 11) is 0. The fraction of sp³-hybridized carbons (Fsp3) is 0.846. The molecule has 92 valence electrons. The number of rotatable bonds is 4. The van der Waals surface area contributed by atoms with Crippen LogP contribution in [0, 0.1) is 28.1 Å². The summed E-state index contributed by atoms with van der Waals surface area (Å²) in [6, 6.07) is 2.08. The van der Waals surface area contributed by atoms with Crippen LogP contribution in [0.5, 0.6) is 0 Å². The Bertz CT molecular complexity index is 285. The van der Waals surface area contributed by atoms with Crippen LogP contribution in [-0.2, 0) is 4.79 Å². The lowest BCUT2D eigenvalue weighted by Gasteiger charge is -2.28. The van der Waals surface area contributed by atoms with Gasteiger partial charge in [-0.2, -0.15) is 5.26 Å². The van der Waals surface area contributed by atoms with Crippen LogP contribution >= 0.6 is 0 Å². The monoisotopic (exact) mass is 224 g/mol. The van der Waals surface area contributed by atoms with Gasteiger partial charge in [0.05, 0.1) is 6.07 Å². The Labute approximate surface area is 99.2 Å². The van der Waals surface area contributed by atoms with Crippen LogP contribution in [-0.4, -0.2) is 12.5 Å². The lowest BCUT2D eigenvalue weighted by molar-refractivity contribution is -0.127. The summed E-state index contributed by atoms with van der Waals surface area (Å²) >= 11 is 0. The largest absolute Gasteiger partial charge is 0.354 e. The van der Waals surface area contributed by atoms with Crippen LogP contribution in [0.3, 0.4) is 0 Å². The van der Waals surface area contributed by atoms with Crippen molar-refractivity contribution in [2.75, 3.05) is 6.54 Å². The molecule has 0 aromatic carbocycles. The second-order valence-electron chi connectivity index (χ2n) is 5.77. The molecule has 2 atom stereocenters. The highest BCUT2D eigenvalue weighted by Crippen LogP contribution is 2.25. The van der Waals surface area contributed by atoms with E-state index < -0.39 is 5.41 Å².